The van der Waals surface area contributed by atoms with Crippen molar-refractivity contribution in [3.63, 3.8) is 0 Å². The highest BCUT2D eigenvalue weighted by atomic mass is 16.6. The second-order valence-electron chi connectivity index (χ2n) is 3.13. The molecule has 0 aliphatic heterocycles. The van der Waals surface area contributed by atoms with E-state index < -0.39 is 4.92 Å². The van der Waals surface area contributed by atoms with Gasteiger partial charge in [-0.25, -0.2) is 4.98 Å². The molecule has 1 heterocycles. The SMILES string of the molecule is NCc1ncc(-c2cccc([N+](=O)[O-])c2)o1. The Hall–Kier alpha value is -2.21. The molecule has 0 aliphatic carbocycles. The average molecular weight is 219 g/mol. The van der Waals surface area contributed by atoms with Gasteiger partial charge < -0.3 is 10.2 Å². The molecule has 0 fully saturated rings. The van der Waals surface area contributed by atoms with Crippen LogP contribution in [0.1, 0.15) is 5.89 Å². The van der Waals surface area contributed by atoms with Crippen LogP contribution in [-0.4, -0.2) is 9.91 Å². The van der Waals surface area contributed by atoms with Crippen molar-refractivity contribution in [2.75, 3.05) is 0 Å². The molecule has 0 saturated heterocycles. The van der Waals surface area contributed by atoms with E-state index in [-0.39, 0.29) is 12.2 Å². The maximum absolute atomic E-state index is 10.6. The van der Waals surface area contributed by atoms with Crippen molar-refractivity contribution in [1.29, 1.82) is 0 Å². The molecule has 2 rings (SSSR count). The fourth-order valence-corrected chi connectivity index (χ4v) is 1.31. The molecule has 0 spiro atoms. The third-order valence-electron chi connectivity index (χ3n) is 2.07. The Labute approximate surface area is 90.9 Å². The van der Waals surface area contributed by atoms with E-state index in [1.165, 1.54) is 18.3 Å². The summed E-state index contributed by atoms with van der Waals surface area (Å²) < 4.78 is 5.29. The maximum atomic E-state index is 10.6. The van der Waals surface area contributed by atoms with E-state index in [1.54, 1.807) is 12.1 Å². The molecule has 0 aliphatic rings. The number of nitro groups is 1. The molecule has 1 aromatic carbocycles. The van der Waals surface area contributed by atoms with Crippen LogP contribution < -0.4 is 5.73 Å². The Balaban J connectivity index is 2.40. The number of hydrogen-bond acceptors (Lipinski definition) is 5. The standard InChI is InChI=1S/C10H9N3O3/c11-5-10-12-6-9(16-10)7-2-1-3-8(4-7)13(14)15/h1-4,6H,5,11H2. The summed E-state index contributed by atoms with van der Waals surface area (Å²) in [5.74, 6) is 0.880. The first-order valence-electron chi connectivity index (χ1n) is 4.60. The smallest absolute Gasteiger partial charge is 0.270 e. The Kier molecular flexibility index (Phi) is 2.65. The van der Waals surface area contributed by atoms with Crippen LogP contribution in [0, 0.1) is 10.1 Å². The number of nitrogens with two attached hydrogens (primary N) is 1. The third-order valence-corrected chi connectivity index (χ3v) is 2.07. The van der Waals surface area contributed by atoms with Crippen LogP contribution >= 0.6 is 0 Å². The number of nitrogens with zero attached hydrogens (tertiary/aromatic N) is 2. The predicted molar refractivity (Wildman–Crippen MR) is 56.5 cm³/mol. The van der Waals surface area contributed by atoms with Crippen molar-refractivity contribution in [2.24, 2.45) is 5.73 Å². The predicted octanol–water partition coefficient (Wildman–Crippen LogP) is 1.71. The molecule has 0 unspecified atom stereocenters. The summed E-state index contributed by atoms with van der Waals surface area (Å²) in [6, 6.07) is 6.16. The Morgan fingerprint density at radius 3 is 2.94 bits per heavy atom. The molecule has 0 atom stereocenters. The van der Waals surface area contributed by atoms with Crippen LogP contribution in [0.4, 0.5) is 5.69 Å². The molecule has 2 N–H and O–H groups in total. The number of hydrogen-bond donors (Lipinski definition) is 1. The van der Waals surface area contributed by atoms with Crippen LogP contribution in [0.25, 0.3) is 11.3 Å². The largest absolute Gasteiger partial charge is 0.439 e. The molecular weight excluding hydrogens is 210 g/mol. The lowest BCUT2D eigenvalue weighted by atomic mass is 10.2. The van der Waals surface area contributed by atoms with E-state index in [2.05, 4.69) is 4.98 Å². The van der Waals surface area contributed by atoms with Gasteiger partial charge in [0.15, 0.2) is 5.76 Å². The van der Waals surface area contributed by atoms with Gasteiger partial charge in [-0.1, -0.05) is 12.1 Å². The molecular formula is C10H9N3O3. The number of non-ortho nitro benzene ring substituents is 1. The molecule has 16 heavy (non-hydrogen) atoms. The lowest BCUT2D eigenvalue weighted by molar-refractivity contribution is -0.384. The highest BCUT2D eigenvalue weighted by Crippen LogP contribution is 2.24. The van der Waals surface area contributed by atoms with Crippen LogP contribution in [0.3, 0.4) is 0 Å². The van der Waals surface area contributed by atoms with E-state index in [0.29, 0.717) is 17.2 Å². The zero-order valence-corrected chi connectivity index (χ0v) is 8.29. The van der Waals surface area contributed by atoms with E-state index in [9.17, 15) is 10.1 Å². The minimum atomic E-state index is -0.455. The summed E-state index contributed by atoms with van der Waals surface area (Å²) >= 11 is 0. The van der Waals surface area contributed by atoms with E-state index in [1.807, 2.05) is 0 Å². The van der Waals surface area contributed by atoms with Gasteiger partial charge in [-0.15, -0.1) is 0 Å². The first-order valence-corrected chi connectivity index (χ1v) is 4.60. The average Bonchev–Trinajstić information content (AvgIpc) is 2.77. The highest BCUT2D eigenvalue weighted by Gasteiger charge is 2.10. The van der Waals surface area contributed by atoms with Crippen molar-refractivity contribution < 1.29 is 9.34 Å². The van der Waals surface area contributed by atoms with E-state index >= 15 is 0 Å². The number of rotatable bonds is 3. The highest BCUT2D eigenvalue weighted by molar-refractivity contribution is 5.60. The number of nitro benzene ring substituents is 1. The molecule has 0 amide bonds. The van der Waals surface area contributed by atoms with Crippen molar-refractivity contribution in [1.82, 2.24) is 4.98 Å². The fourth-order valence-electron chi connectivity index (χ4n) is 1.31. The molecule has 6 heteroatoms. The molecule has 0 bridgehead atoms. The van der Waals surface area contributed by atoms with Crippen molar-refractivity contribution in [2.45, 2.75) is 6.54 Å². The van der Waals surface area contributed by atoms with E-state index in [4.69, 9.17) is 10.2 Å². The lowest BCUT2D eigenvalue weighted by Crippen LogP contribution is -1.94. The van der Waals surface area contributed by atoms with Gasteiger partial charge in [-0.3, -0.25) is 10.1 Å². The van der Waals surface area contributed by atoms with Gasteiger partial charge in [0.25, 0.3) is 5.69 Å². The van der Waals surface area contributed by atoms with Crippen LogP contribution in [0.2, 0.25) is 0 Å². The zero-order chi connectivity index (χ0) is 11.5. The summed E-state index contributed by atoms with van der Waals surface area (Å²) in [7, 11) is 0. The molecule has 2 aromatic rings. The number of aromatic nitrogens is 1. The van der Waals surface area contributed by atoms with Crippen molar-refractivity contribution >= 4 is 5.69 Å². The maximum Gasteiger partial charge on any atom is 0.270 e. The topological polar surface area (TPSA) is 95.2 Å². The number of oxazole rings is 1. The molecule has 0 radical (unpaired) electrons. The van der Waals surface area contributed by atoms with Crippen LogP contribution in [0.15, 0.2) is 34.9 Å². The normalized spacial score (nSPS) is 10.3. The van der Waals surface area contributed by atoms with E-state index in [0.717, 1.165) is 0 Å². The molecule has 6 nitrogen and oxygen atoms in total. The monoisotopic (exact) mass is 219 g/mol. The summed E-state index contributed by atoms with van der Waals surface area (Å²) in [6.45, 7) is 0.203. The first-order chi connectivity index (χ1) is 7.70. The lowest BCUT2D eigenvalue weighted by Gasteiger charge is -1.95. The van der Waals surface area contributed by atoms with Crippen LogP contribution in [-0.2, 0) is 6.54 Å². The van der Waals surface area contributed by atoms with Crippen LogP contribution in [0.5, 0.6) is 0 Å². The van der Waals surface area contributed by atoms with Crippen molar-refractivity contribution in [3.05, 3.63) is 46.5 Å². The summed E-state index contributed by atoms with van der Waals surface area (Å²) in [5.41, 5.74) is 5.98. The van der Waals surface area contributed by atoms with Gasteiger partial charge in [0.2, 0.25) is 5.89 Å². The van der Waals surface area contributed by atoms with Gasteiger partial charge >= 0.3 is 0 Å². The van der Waals surface area contributed by atoms with Gasteiger partial charge in [0.05, 0.1) is 17.7 Å². The third kappa shape index (κ3) is 1.91. The zero-order valence-electron chi connectivity index (χ0n) is 8.29. The minimum absolute atomic E-state index is 0.0169. The van der Waals surface area contributed by atoms with Gasteiger partial charge in [0, 0.05) is 17.7 Å². The quantitative estimate of drug-likeness (QED) is 0.626. The second kappa shape index (κ2) is 4.11. The molecule has 0 saturated carbocycles. The summed E-state index contributed by atoms with van der Waals surface area (Å²) in [4.78, 5) is 14.1. The first kappa shape index (κ1) is 10.3. The van der Waals surface area contributed by atoms with Gasteiger partial charge in [-0.05, 0) is 0 Å². The second-order valence-corrected chi connectivity index (χ2v) is 3.13. The minimum Gasteiger partial charge on any atom is -0.439 e. The summed E-state index contributed by atoms with van der Waals surface area (Å²) in [6.07, 6.45) is 1.50. The van der Waals surface area contributed by atoms with Gasteiger partial charge in [-0.2, -0.15) is 0 Å². The van der Waals surface area contributed by atoms with Crippen molar-refractivity contribution in [3.8, 4) is 11.3 Å². The van der Waals surface area contributed by atoms with Gasteiger partial charge in [0.1, 0.15) is 0 Å². The fraction of sp³-hybridized carbons (Fsp3) is 0.100. The Bertz CT molecular complexity index is 522. The molecule has 1 aromatic heterocycles. The Morgan fingerprint density at radius 1 is 1.50 bits per heavy atom. The summed E-state index contributed by atoms with van der Waals surface area (Å²) in [5, 5.41) is 10.6. The molecule has 82 valence electrons. The number of benzene rings is 1. The Morgan fingerprint density at radius 2 is 2.31 bits per heavy atom.